The van der Waals surface area contributed by atoms with Crippen LogP contribution in [0, 0.1) is 0 Å². The third-order valence-corrected chi connectivity index (χ3v) is 8.92. The summed E-state index contributed by atoms with van der Waals surface area (Å²) in [5.74, 6) is 0.832. The summed E-state index contributed by atoms with van der Waals surface area (Å²) in [4.78, 5) is 7.22. The Morgan fingerprint density at radius 2 is 1.02 bits per heavy atom. The van der Waals surface area contributed by atoms with Crippen LogP contribution < -0.4 is 4.90 Å². The minimum Gasteiger partial charge on any atom is -0.456 e. The molecule has 0 N–H and O–H groups in total. The number of nitrogens with zero attached hydrogens (tertiary/aromatic N) is 2. The minimum atomic E-state index is 0.816. The van der Waals surface area contributed by atoms with Crippen LogP contribution >= 0.6 is 0 Å². The van der Waals surface area contributed by atoms with E-state index in [1.54, 1.807) is 0 Å². The molecule has 0 aliphatic rings. The smallest absolute Gasteiger partial charge is 0.149 e. The van der Waals surface area contributed by atoms with Crippen molar-refractivity contribution in [3.63, 3.8) is 0 Å². The van der Waals surface area contributed by atoms with Crippen LogP contribution in [0.3, 0.4) is 0 Å². The molecule has 0 spiro atoms. The van der Waals surface area contributed by atoms with Crippen LogP contribution in [0.25, 0.3) is 65.7 Å². The highest BCUT2D eigenvalue weighted by Crippen LogP contribution is 2.43. The van der Waals surface area contributed by atoms with Gasteiger partial charge in [-0.25, -0.2) is 4.98 Å². The molecule has 0 amide bonds. The molecule has 2 heterocycles. The van der Waals surface area contributed by atoms with E-state index in [9.17, 15) is 0 Å². The van der Waals surface area contributed by atoms with E-state index >= 15 is 0 Å². The Morgan fingerprint density at radius 1 is 0.435 bits per heavy atom. The van der Waals surface area contributed by atoms with E-state index in [-0.39, 0.29) is 0 Å². The van der Waals surface area contributed by atoms with Crippen LogP contribution in [-0.4, -0.2) is 4.98 Å². The lowest BCUT2D eigenvalue weighted by atomic mass is 9.93. The predicted octanol–water partition coefficient (Wildman–Crippen LogP) is 12.1. The average molecular weight is 589 g/mol. The van der Waals surface area contributed by atoms with Crippen LogP contribution in [0.1, 0.15) is 0 Å². The number of aromatic nitrogens is 1. The molecule has 9 aromatic rings. The Bertz CT molecular complexity index is 2510. The fraction of sp³-hybridized carbons (Fsp3) is 0. The van der Waals surface area contributed by atoms with E-state index in [1.807, 2.05) is 30.5 Å². The summed E-state index contributed by atoms with van der Waals surface area (Å²) >= 11 is 0. The van der Waals surface area contributed by atoms with Crippen molar-refractivity contribution in [1.82, 2.24) is 4.98 Å². The molecule has 3 nitrogen and oxygen atoms in total. The molecule has 0 aliphatic heterocycles. The molecule has 0 unspecified atom stereocenters. The molecule has 0 saturated heterocycles. The van der Waals surface area contributed by atoms with Gasteiger partial charge in [0.1, 0.15) is 17.0 Å². The first-order valence-corrected chi connectivity index (χ1v) is 15.5. The largest absolute Gasteiger partial charge is 0.456 e. The van der Waals surface area contributed by atoms with Gasteiger partial charge in [0.25, 0.3) is 0 Å². The number of anilines is 3. The van der Waals surface area contributed by atoms with Crippen LogP contribution in [0.15, 0.2) is 174 Å². The third-order valence-electron chi connectivity index (χ3n) is 8.92. The van der Waals surface area contributed by atoms with Crippen molar-refractivity contribution in [1.29, 1.82) is 0 Å². The molecule has 9 rings (SSSR count). The summed E-state index contributed by atoms with van der Waals surface area (Å²) in [6, 6.07) is 57.8. The predicted molar refractivity (Wildman–Crippen MR) is 192 cm³/mol. The van der Waals surface area contributed by atoms with Gasteiger partial charge in [-0.15, -0.1) is 0 Å². The van der Waals surface area contributed by atoms with Gasteiger partial charge in [-0.05, 0) is 86.3 Å². The summed E-state index contributed by atoms with van der Waals surface area (Å²) < 4.78 is 6.28. The lowest BCUT2D eigenvalue weighted by Crippen LogP contribution is -2.11. The monoisotopic (exact) mass is 588 g/mol. The number of fused-ring (bicyclic) bond motifs is 6. The van der Waals surface area contributed by atoms with Gasteiger partial charge in [0.2, 0.25) is 0 Å². The summed E-state index contributed by atoms with van der Waals surface area (Å²) in [6.45, 7) is 0. The molecule has 0 atom stereocenters. The maximum atomic E-state index is 6.28. The molecule has 0 radical (unpaired) electrons. The highest BCUT2D eigenvalue weighted by Gasteiger charge is 2.21. The Morgan fingerprint density at radius 3 is 1.78 bits per heavy atom. The van der Waals surface area contributed by atoms with E-state index in [0.717, 1.165) is 39.1 Å². The first-order valence-electron chi connectivity index (χ1n) is 15.5. The fourth-order valence-corrected chi connectivity index (χ4v) is 6.73. The van der Waals surface area contributed by atoms with E-state index in [0.29, 0.717) is 0 Å². The van der Waals surface area contributed by atoms with Crippen LogP contribution in [0.2, 0.25) is 0 Å². The van der Waals surface area contributed by atoms with Crippen molar-refractivity contribution in [2.24, 2.45) is 0 Å². The zero-order valence-electron chi connectivity index (χ0n) is 25.0. The van der Waals surface area contributed by atoms with Gasteiger partial charge in [0.05, 0.1) is 5.39 Å². The van der Waals surface area contributed by atoms with Crippen LogP contribution in [-0.2, 0) is 0 Å². The van der Waals surface area contributed by atoms with Gasteiger partial charge in [-0.3, -0.25) is 4.90 Å². The van der Waals surface area contributed by atoms with E-state index in [1.165, 1.54) is 43.8 Å². The van der Waals surface area contributed by atoms with Gasteiger partial charge in [0.15, 0.2) is 0 Å². The van der Waals surface area contributed by atoms with Gasteiger partial charge < -0.3 is 4.42 Å². The molecular formula is C43H28N2O. The Kier molecular flexibility index (Phi) is 6.14. The van der Waals surface area contributed by atoms with Gasteiger partial charge in [-0.1, -0.05) is 121 Å². The van der Waals surface area contributed by atoms with Gasteiger partial charge >= 0.3 is 0 Å². The van der Waals surface area contributed by atoms with Crippen molar-refractivity contribution >= 4 is 60.7 Å². The first-order chi connectivity index (χ1) is 22.8. The van der Waals surface area contributed by atoms with Crippen LogP contribution in [0.4, 0.5) is 17.2 Å². The van der Waals surface area contributed by atoms with E-state index in [2.05, 4.69) is 144 Å². The van der Waals surface area contributed by atoms with Gasteiger partial charge in [0, 0.05) is 23.0 Å². The Balaban J connectivity index is 1.22. The van der Waals surface area contributed by atoms with Crippen molar-refractivity contribution < 1.29 is 4.42 Å². The molecule has 3 heteroatoms. The zero-order valence-corrected chi connectivity index (χ0v) is 25.0. The van der Waals surface area contributed by atoms with Crippen molar-refractivity contribution in [2.75, 3.05) is 4.90 Å². The number of benzene rings is 7. The fourth-order valence-electron chi connectivity index (χ4n) is 6.73. The highest BCUT2D eigenvalue weighted by molar-refractivity contribution is 6.14. The Labute approximate surface area is 266 Å². The second-order valence-corrected chi connectivity index (χ2v) is 11.6. The molecule has 0 bridgehead atoms. The summed E-state index contributed by atoms with van der Waals surface area (Å²) in [5.41, 5.74) is 8.46. The molecule has 2 aromatic heterocycles. The zero-order chi connectivity index (χ0) is 30.5. The highest BCUT2D eigenvalue weighted by atomic mass is 16.3. The maximum absolute atomic E-state index is 6.28. The second kappa shape index (κ2) is 10.8. The van der Waals surface area contributed by atoms with E-state index in [4.69, 9.17) is 9.40 Å². The Hall–Kier alpha value is -6.19. The van der Waals surface area contributed by atoms with Gasteiger partial charge in [-0.2, -0.15) is 0 Å². The van der Waals surface area contributed by atoms with Crippen molar-refractivity contribution in [2.45, 2.75) is 0 Å². The number of rotatable bonds is 5. The molecule has 0 saturated carbocycles. The average Bonchev–Trinajstić information content (AvgIpc) is 3.52. The second-order valence-electron chi connectivity index (χ2n) is 11.6. The molecule has 216 valence electrons. The van der Waals surface area contributed by atoms with Crippen LogP contribution in [0.5, 0.6) is 0 Å². The topological polar surface area (TPSA) is 29.3 Å². The first kappa shape index (κ1) is 26.2. The standard InChI is InChI=1S/C43H28N2O/c1-2-10-29(11-3-1)30-18-22-33(23-19-30)45(43-42-38-16-8-9-17-40(38)46-41(42)26-27-44-43)34-24-20-31(21-25-34)39-28-32-12-4-5-13-35(32)36-14-6-7-15-37(36)39/h1-28H. The number of para-hydroxylation sites is 1. The number of pyridine rings is 1. The summed E-state index contributed by atoms with van der Waals surface area (Å²) in [7, 11) is 0. The number of hydrogen-bond acceptors (Lipinski definition) is 3. The van der Waals surface area contributed by atoms with Crippen molar-refractivity contribution in [3.8, 4) is 22.3 Å². The molecule has 0 fully saturated rings. The summed E-state index contributed by atoms with van der Waals surface area (Å²) in [5, 5.41) is 7.07. The lowest BCUT2D eigenvalue weighted by molar-refractivity contribution is 0.668. The van der Waals surface area contributed by atoms with E-state index < -0.39 is 0 Å². The molecular weight excluding hydrogens is 560 g/mol. The minimum absolute atomic E-state index is 0.816. The maximum Gasteiger partial charge on any atom is 0.149 e. The summed E-state index contributed by atoms with van der Waals surface area (Å²) in [6.07, 6.45) is 1.83. The lowest BCUT2D eigenvalue weighted by Gasteiger charge is -2.25. The molecule has 46 heavy (non-hydrogen) atoms. The molecule has 7 aromatic carbocycles. The normalized spacial score (nSPS) is 11.5. The number of furan rings is 1. The molecule has 0 aliphatic carbocycles. The quantitative estimate of drug-likeness (QED) is 0.187. The third kappa shape index (κ3) is 4.33. The number of hydrogen-bond donors (Lipinski definition) is 0. The SMILES string of the molecule is c1ccc(-c2ccc(N(c3ccc(-c4cc5ccccc5c5ccccc45)cc3)c3nccc4oc5ccccc5c34)cc2)cc1. The van der Waals surface area contributed by atoms with Crippen molar-refractivity contribution in [3.05, 3.63) is 170 Å².